The first-order valence-corrected chi connectivity index (χ1v) is 2.03. The monoisotopic (exact) mass is 106 g/mol. The lowest BCUT2D eigenvalue weighted by atomic mass is 10.5. The summed E-state index contributed by atoms with van der Waals surface area (Å²) in [6.07, 6.45) is 1.80. The topological polar surface area (TPSA) is 37.3 Å². The van der Waals surface area contributed by atoms with Gasteiger partial charge in [0.25, 0.3) is 0 Å². The molecular weight excluding hydrogens is 99.0 g/mol. The molecule has 0 saturated heterocycles. The quantitative estimate of drug-likeness (QED) is 0.532. The van der Waals surface area contributed by atoms with Gasteiger partial charge in [-0.05, 0) is 12.8 Å². The van der Waals surface area contributed by atoms with Gasteiger partial charge in [-0.15, -0.1) is 0 Å². The molecule has 2 nitrogen and oxygen atoms in total. The third kappa shape index (κ3) is 1.52. The number of aliphatic carboxylic acids is 1. The summed E-state index contributed by atoms with van der Waals surface area (Å²) in [4.78, 5) is 9.76. The minimum absolute atomic E-state index is 0. The van der Waals surface area contributed by atoms with Crippen LogP contribution in [0.4, 0.5) is 4.70 Å². The van der Waals surface area contributed by atoms with Crippen molar-refractivity contribution in [3.63, 3.8) is 0 Å². The summed E-state index contributed by atoms with van der Waals surface area (Å²) in [7, 11) is 0. The van der Waals surface area contributed by atoms with Gasteiger partial charge in [-0.25, -0.2) is 0 Å². The second-order valence-electron chi connectivity index (χ2n) is 1.61. The Morgan fingerprint density at radius 2 is 2.00 bits per heavy atom. The van der Waals surface area contributed by atoms with Gasteiger partial charge < -0.3 is 5.11 Å². The van der Waals surface area contributed by atoms with Crippen LogP contribution in [0.3, 0.4) is 0 Å². The Morgan fingerprint density at radius 3 is 2.00 bits per heavy atom. The highest BCUT2D eigenvalue weighted by atomic mass is 19.0. The number of carbonyl (C=O) groups is 1. The van der Waals surface area contributed by atoms with Crippen molar-refractivity contribution in [1.82, 2.24) is 0 Å². The maximum Gasteiger partial charge on any atom is 0.306 e. The lowest BCUT2D eigenvalue weighted by Gasteiger charge is -1.75. The van der Waals surface area contributed by atoms with Gasteiger partial charge in [0, 0.05) is 0 Å². The summed E-state index contributed by atoms with van der Waals surface area (Å²) in [6, 6.07) is 0. The highest BCUT2D eigenvalue weighted by molar-refractivity contribution is 5.72. The summed E-state index contributed by atoms with van der Waals surface area (Å²) in [5, 5.41) is 8.05. The molecule has 0 heterocycles. The minimum Gasteiger partial charge on any atom is -0.481 e. The van der Waals surface area contributed by atoms with E-state index in [2.05, 4.69) is 0 Å². The molecule has 0 unspecified atom stereocenters. The van der Waals surface area contributed by atoms with E-state index < -0.39 is 5.97 Å². The molecule has 0 aliphatic heterocycles. The normalized spacial score (nSPS) is 17.7. The van der Waals surface area contributed by atoms with Gasteiger partial charge in [-0.3, -0.25) is 9.50 Å². The highest BCUT2D eigenvalue weighted by Crippen LogP contribution is 2.28. The minimum atomic E-state index is -0.630. The Balaban J connectivity index is 0.000000360. The molecule has 0 spiro atoms. The predicted molar refractivity (Wildman–Crippen MR) is 22.9 cm³/mol. The van der Waals surface area contributed by atoms with E-state index in [0.717, 1.165) is 12.8 Å². The van der Waals surface area contributed by atoms with Crippen LogP contribution in [0.25, 0.3) is 0 Å². The number of hydrogen-bond acceptors (Lipinski definition) is 1. The second kappa shape index (κ2) is 1.91. The maximum absolute atomic E-state index is 9.76. The molecule has 1 fully saturated rings. The molecule has 0 aromatic rings. The molecule has 1 N–H and O–H groups in total. The van der Waals surface area contributed by atoms with Crippen LogP contribution in [0, 0.1) is 5.92 Å². The predicted octanol–water partition coefficient (Wildman–Crippen LogP) is 0.633. The molecule has 0 amide bonds. The van der Waals surface area contributed by atoms with Crippen LogP contribution in [-0.4, -0.2) is 11.1 Å². The van der Waals surface area contributed by atoms with Crippen molar-refractivity contribution in [2.45, 2.75) is 12.8 Å². The standard InChI is InChI=1S/C4H6O2.FH/c5-4(6)3-1-2-3;/h3H,1-2H2,(H,5,6);1H. The van der Waals surface area contributed by atoms with E-state index in [-0.39, 0.29) is 10.6 Å². The summed E-state index contributed by atoms with van der Waals surface area (Å²) >= 11 is 0. The summed E-state index contributed by atoms with van der Waals surface area (Å²) < 4.78 is 0. The van der Waals surface area contributed by atoms with Crippen LogP contribution in [0.5, 0.6) is 0 Å². The lowest BCUT2D eigenvalue weighted by molar-refractivity contribution is -0.138. The number of carboxylic acid groups (broad SMARTS) is 1. The SMILES string of the molecule is F.O=C(O)C1CC1. The van der Waals surface area contributed by atoms with Crippen molar-refractivity contribution in [2.75, 3.05) is 0 Å². The van der Waals surface area contributed by atoms with Crippen LogP contribution in [0.2, 0.25) is 0 Å². The van der Waals surface area contributed by atoms with E-state index in [1.807, 2.05) is 0 Å². The smallest absolute Gasteiger partial charge is 0.306 e. The first kappa shape index (κ1) is 6.40. The number of carboxylic acids is 1. The Labute approximate surface area is 40.5 Å². The van der Waals surface area contributed by atoms with Gasteiger partial charge in [-0.2, -0.15) is 0 Å². The number of halogens is 1. The van der Waals surface area contributed by atoms with Crippen LogP contribution < -0.4 is 0 Å². The van der Waals surface area contributed by atoms with Gasteiger partial charge in [0.05, 0.1) is 5.92 Å². The van der Waals surface area contributed by atoms with Gasteiger partial charge >= 0.3 is 5.97 Å². The Kier molecular flexibility index (Phi) is 1.75. The fraction of sp³-hybridized carbons (Fsp3) is 0.750. The molecule has 1 aliphatic rings. The molecular formula is C4H7FO2. The molecule has 0 radical (unpaired) electrons. The van der Waals surface area contributed by atoms with Crippen molar-refractivity contribution >= 4 is 5.97 Å². The zero-order chi connectivity index (χ0) is 4.57. The fourth-order valence-corrected chi connectivity index (χ4v) is 0.330. The van der Waals surface area contributed by atoms with E-state index in [0.29, 0.717) is 0 Å². The van der Waals surface area contributed by atoms with Crippen LogP contribution >= 0.6 is 0 Å². The average molecular weight is 106 g/mol. The fourth-order valence-electron chi connectivity index (χ4n) is 0.330. The molecule has 42 valence electrons. The largest absolute Gasteiger partial charge is 0.481 e. The molecule has 0 aromatic carbocycles. The van der Waals surface area contributed by atoms with Crippen molar-refractivity contribution in [3.8, 4) is 0 Å². The first-order valence-electron chi connectivity index (χ1n) is 2.03. The summed E-state index contributed by atoms with van der Waals surface area (Å²) in [5.41, 5.74) is 0. The molecule has 1 aliphatic carbocycles. The second-order valence-corrected chi connectivity index (χ2v) is 1.61. The Hall–Kier alpha value is -0.600. The third-order valence-electron chi connectivity index (χ3n) is 0.927. The summed E-state index contributed by atoms with van der Waals surface area (Å²) in [5.74, 6) is -0.611. The molecule has 0 bridgehead atoms. The molecule has 7 heavy (non-hydrogen) atoms. The van der Waals surface area contributed by atoms with Gasteiger partial charge in [0.15, 0.2) is 0 Å². The van der Waals surface area contributed by atoms with Crippen molar-refractivity contribution in [3.05, 3.63) is 0 Å². The lowest BCUT2D eigenvalue weighted by Crippen LogP contribution is -1.94. The van der Waals surface area contributed by atoms with Crippen LogP contribution in [-0.2, 0) is 4.79 Å². The Bertz CT molecular complexity index is 77.8. The van der Waals surface area contributed by atoms with E-state index in [1.165, 1.54) is 0 Å². The average Bonchev–Trinajstić information content (AvgIpc) is 2.06. The van der Waals surface area contributed by atoms with Crippen LogP contribution in [0.1, 0.15) is 12.8 Å². The Morgan fingerprint density at radius 1 is 1.57 bits per heavy atom. The number of hydrogen-bond donors (Lipinski definition) is 1. The highest BCUT2D eigenvalue weighted by Gasteiger charge is 2.28. The van der Waals surface area contributed by atoms with Crippen molar-refractivity contribution < 1.29 is 14.6 Å². The van der Waals surface area contributed by atoms with E-state index >= 15 is 0 Å². The molecule has 0 aromatic heterocycles. The van der Waals surface area contributed by atoms with Crippen molar-refractivity contribution in [1.29, 1.82) is 0 Å². The van der Waals surface area contributed by atoms with Crippen molar-refractivity contribution in [2.24, 2.45) is 5.92 Å². The van der Waals surface area contributed by atoms with Gasteiger partial charge in [-0.1, -0.05) is 0 Å². The van der Waals surface area contributed by atoms with Crippen LogP contribution in [0.15, 0.2) is 0 Å². The molecule has 0 atom stereocenters. The molecule has 3 heteroatoms. The summed E-state index contributed by atoms with van der Waals surface area (Å²) in [6.45, 7) is 0. The van der Waals surface area contributed by atoms with Gasteiger partial charge in [0.1, 0.15) is 0 Å². The van der Waals surface area contributed by atoms with E-state index in [1.54, 1.807) is 0 Å². The first-order chi connectivity index (χ1) is 2.80. The maximum atomic E-state index is 9.76. The zero-order valence-corrected chi connectivity index (χ0v) is 3.76. The van der Waals surface area contributed by atoms with E-state index in [9.17, 15) is 4.79 Å². The van der Waals surface area contributed by atoms with E-state index in [4.69, 9.17) is 5.11 Å². The molecule has 1 saturated carbocycles. The van der Waals surface area contributed by atoms with Gasteiger partial charge in [0.2, 0.25) is 0 Å². The third-order valence-corrected chi connectivity index (χ3v) is 0.927. The number of rotatable bonds is 1. The molecule has 1 rings (SSSR count). The zero-order valence-electron chi connectivity index (χ0n) is 3.76.